The molecule has 1 aromatic carbocycles. The summed E-state index contributed by atoms with van der Waals surface area (Å²) >= 11 is 1.84. The van der Waals surface area contributed by atoms with Gasteiger partial charge in [0.15, 0.2) is 0 Å². The lowest BCUT2D eigenvalue weighted by Gasteiger charge is -2.24. The van der Waals surface area contributed by atoms with Crippen LogP contribution in [-0.2, 0) is 25.9 Å². The molecule has 3 heterocycles. The van der Waals surface area contributed by atoms with Gasteiger partial charge in [-0.3, -0.25) is 0 Å². The van der Waals surface area contributed by atoms with Gasteiger partial charge in [-0.25, -0.2) is 0 Å². The normalized spacial score (nSPS) is 17.5. The highest BCUT2D eigenvalue weighted by Gasteiger charge is 2.21. The predicted octanol–water partition coefficient (Wildman–Crippen LogP) is 3.41. The minimum absolute atomic E-state index is 0.675. The minimum Gasteiger partial charge on any atom is -0.315 e. The van der Waals surface area contributed by atoms with Crippen LogP contribution in [0.2, 0.25) is 0 Å². The Labute approximate surface area is 140 Å². The molecule has 5 heteroatoms. The zero-order valence-corrected chi connectivity index (χ0v) is 14.3. The summed E-state index contributed by atoms with van der Waals surface area (Å²) in [6.07, 6.45) is 3.23. The van der Waals surface area contributed by atoms with Crippen LogP contribution in [0.4, 0.5) is 0 Å². The van der Waals surface area contributed by atoms with Crippen molar-refractivity contribution in [1.29, 1.82) is 0 Å². The van der Waals surface area contributed by atoms with Crippen LogP contribution in [0.25, 0.3) is 10.1 Å². The zero-order valence-electron chi connectivity index (χ0n) is 13.5. The quantitative estimate of drug-likeness (QED) is 0.781. The average molecular weight is 326 g/mol. The Balaban J connectivity index is 1.37. The molecule has 1 unspecified atom stereocenters. The molecule has 0 radical (unpaired) electrons. The van der Waals surface area contributed by atoms with Crippen LogP contribution in [0.5, 0.6) is 0 Å². The molecule has 4 rings (SSSR count). The Morgan fingerprint density at radius 2 is 2.22 bits per heavy atom. The Kier molecular flexibility index (Phi) is 4.14. The van der Waals surface area contributed by atoms with Gasteiger partial charge in [0.05, 0.1) is 0 Å². The Morgan fingerprint density at radius 3 is 3.13 bits per heavy atom. The van der Waals surface area contributed by atoms with Gasteiger partial charge in [0.2, 0.25) is 0 Å². The Bertz CT molecular complexity index is 791. The van der Waals surface area contributed by atoms with Crippen molar-refractivity contribution >= 4 is 21.4 Å². The molecule has 3 aromatic rings. The van der Waals surface area contributed by atoms with E-state index in [4.69, 9.17) is 0 Å². The Hall–Kier alpha value is -1.72. The van der Waals surface area contributed by atoms with Crippen molar-refractivity contribution < 1.29 is 0 Å². The fraction of sp³-hybridized carbons (Fsp3) is 0.444. The number of thiophene rings is 1. The highest BCUT2D eigenvalue weighted by atomic mass is 32.1. The first-order chi connectivity index (χ1) is 11.3. The molecule has 120 valence electrons. The summed E-state index contributed by atoms with van der Waals surface area (Å²) in [6.45, 7) is 5.23. The van der Waals surface area contributed by atoms with E-state index in [1.165, 1.54) is 27.9 Å². The summed E-state index contributed by atoms with van der Waals surface area (Å²) in [7, 11) is 0. The Morgan fingerprint density at radius 1 is 1.30 bits per heavy atom. The molecule has 1 N–H and O–H groups in total. The molecular formula is C18H22N4S. The van der Waals surface area contributed by atoms with E-state index in [-0.39, 0.29) is 0 Å². The largest absolute Gasteiger partial charge is 0.315 e. The van der Waals surface area contributed by atoms with Crippen molar-refractivity contribution in [3.63, 3.8) is 0 Å². The molecular weight excluding hydrogens is 304 g/mol. The molecule has 4 nitrogen and oxygen atoms in total. The third-order valence-electron chi connectivity index (χ3n) is 4.75. The van der Waals surface area contributed by atoms with Gasteiger partial charge in [-0.2, -0.15) is 0 Å². The summed E-state index contributed by atoms with van der Waals surface area (Å²) in [6, 6.07) is 8.66. The van der Waals surface area contributed by atoms with Gasteiger partial charge in [-0.15, -0.1) is 21.5 Å². The van der Waals surface area contributed by atoms with E-state index in [1.54, 1.807) is 0 Å². The second kappa shape index (κ2) is 6.42. The SMILES string of the molecule is CCc1nnc2n1CC(CNCc1csc3ccccc13)CC2. The number of nitrogens with one attached hydrogen (secondary N) is 1. The number of nitrogens with zero attached hydrogens (tertiary/aromatic N) is 3. The number of rotatable bonds is 5. The minimum atomic E-state index is 0.675. The van der Waals surface area contributed by atoms with Gasteiger partial charge >= 0.3 is 0 Å². The summed E-state index contributed by atoms with van der Waals surface area (Å²) in [4.78, 5) is 0. The lowest BCUT2D eigenvalue weighted by molar-refractivity contribution is 0.343. The van der Waals surface area contributed by atoms with Crippen molar-refractivity contribution in [2.75, 3.05) is 6.54 Å². The fourth-order valence-electron chi connectivity index (χ4n) is 3.46. The van der Waals surface area contributed by atoms with Crippen molar-refractivity contribution in [1.82, 2.24) is 20.1 Å². The lowest BCUT2D eigenvalue weighted by atomic mass is 9.99. The summed E-state index contributed by atoms with van der Waals surface area (Å²) in [5, 5.41) is 15.9. The van der Waals surface area contributed by atoms with Crippen molar-refractivity contribution in [3.05, 3.63) is 46.9 Å². The van der Waals surface area contributed by atoms with Crippen LogP contribution in [-0.4, -0.2) is 21.3 Å². The number of fused-ring (bicyclic) bond motifs is 2. The molecule has 0 saturated heterocycles. The third kappa shape index (κ3) is 2.91. The van der Waals surface area contributed by atoms with Gasteiger partial charge in [-0.05, 0) is 41.3 Å². The first kappa shape index (κ1) is 14.8. The van der Waals surface area contributed by atoms with Crippen LogP contribution < -0.4 is 5.32 Å². The monoisotopic (exact) mass is 326 g/mol. The van der Waals surface area contributed by atoms with Crippen LogP contribution in [0.1, 0.15) is 30.6 Å². The van der Waals surface area contributed by atoms with Crippen molar-refractivity contribution in [3.8, 4) is 0 Å². The predicted molar refractivity (Wildman–Crippen MR) is 94.7 cm³/mol. The van der Waals surface area contributed by atoms with Crippen molar-refractivity contribution in [2.24, 2.45) is 5.92 Å². The van der Waals surface area contributed by atoms with E-state index in [2.05, 4.69) is 56.7 Å². The third-order valence-corrected chi connectivity index (χ3v) is 5.76. The molecule has 1 aliphatic rings. The maximum atomic E-state index is 4.31. The van der Waals surface area contributed by atoms with Gasteiger partial charge < -0.3 is 9.88 Å². The first-order valence-corrected chi connectivity index (χ1v) is 9.30. The first-order valence-electron chi connectivity index (χ1n) is 8.42. The maximum Gasteiger partial charge on any atom is 0.133 e. The van der Waals surface area contributed by atoms with Crippen LogP contribution >= 0.6 is 11.3 Å². The fourth-order valence-corrected chi connectivity index (χ4v) is 4.42. The molecule has 0 spiro atoms. The highest BCUT2D eigenvalue weighted by Crippen LogP contribution is 2.25. The summed E-state index contributed by atoms with van der Waals surface area (Å²) in [5.41, 5.74) is 1.42. The second-order valence-electron chi connectivity index (χ2n) is 6.29. The van der Waals surface area contributed by atoms with Crippen LogP contribution in [0, 0.1) is 5.92 Å². The smallest absolute Gasteiger partial charge is 0.133 e. The molecule has 0 bridgehead atoms. The number of hydrogen-bond acceptors (Lipinski definition) is 4. The summed E-state index contributed by atoms with van der Waals surface area (Å²) < 4.78 is 3.71. The second-order valence-corrected chi connectivity index (χ2v) is 7.20. The molecule has 23 heavy (non-hydrogen) atoms. The van der Waals surface area contributed by atoms with E-state index >= 15 is 0 Å². The lowest BCUT2D eigenvalue weighted by Crippen LogP contribution is -2.30. The van der Waals surface area contributed by atoms with Gasteiger partial charge in [0.25, 0.3) is 0 Å². The van der Waals surface area contributed by atoms with E-state index in [9.17, 15) is 0 Å². The highest BCUT2D eigenvalue weighted by molar-refractivity contribution is 7.17. The topological polar surface area (TPSA) is 42.7 Å². The summed E-state index contributed by atoms with van der Waals surface area (Å²) in [5.74, 6) is 2.98. The molecule has 1 aliphatic heterocycles. The van der Waals surface area contributed by atoms with Gasteiger partial charge in [0, 0.05) is 30.6 Å². The number of aryl methyl sites for hydroxylation is 2. The van der Waals surface area contributed by atoms with E-state index in [0.29, 0.717) is 5.92 Å². The van der Waals surface area contributed by atoms with Crippen LogP contribution in [0.15, 0.2) is 29.6 Å². The molecule has 0 fully saturated rings. The standard InChI is InChI=1S/C18H22N4S/c1-2-17-20-21-18-8-7-13(11-22(17)18)9-19-10-14-12-23-16-6-4-3-5-15(14)16/h3-6,12-13,19H,2,7-11H2,1H3. The van der Waals surface area contributed by atoms with Gasteiger partial charge in [-0.1, -0.05) is 25.1 Å². The molecule has 2 aromatic heterocycles. The van der Waals surface area contributed by atoms with Crippen LogP contribution in [0.3, 0.4) is 0 Å². The maximum absolute atomic E-state index is 4.31. The van der Waals surface area contributed by atoms with Crippen molar-refractivity contribution in [2.45, 2.75) is 39.3 Å². The average Bonchev–Trinajstić information content (AvgIpc) is 3.18. The number of benzene rings is 1. The van der Waals surface area contributed by atoms with Gasteiger partial charge in [0.1, 0.15) is 11.6 Å². The van der Waals surface area contributed by atoms with E-state index < -0.39 is 0 Å². The molecule has 0 aliphatic carbocycles. The number of hydrogen-bond donors (Lipinski definition) is 1. The van der Waals surface area contributed by atoms with E-state index in [1.807, 2.05) is 11.3 Å². The van der Waals surface area contributed by atoms with E-state index in [0.717, 1.165) is 38.3 Å². The molecule has 0 amide bonds. The number of aromatic nitrogens is 3. The molecule has 0 saturated carbocycles. The molecule has 1 atom stereocenters. The zero-order chi connectivity index (χ0) is 15.6.